The van der Waals surface area contributed by atoms with E-state index in [1.54, 1.807) is 0 Å². The van der Waals surface area contributed by atoms with Gasteiger partial charge in [-0.15, -0.1) is 0 Å². The van der Waals surface area contributed by atoms with Gasteiger partial charge in [0.1, 0.15) is 0 Å². The fourth-order valence-corrected chi connectivity index (χ4v) is 1.94. The molecule has 2 rings (SSSR count). The number of rotatable bonds is 2. The number of anilines is 1. The van der Waals surface area contributed by atoms with Crippen molar-refractivity contribution < 1.29 is 4.79 Å². The van der Waals surface area contributed by atoms with Crippen molar-refractivity contribution in [3.8, 4) is 0 Å². The molecule has 1 aromatic rings. The van der Waals surface area contributed by atoms with Gasteiger partial charge < -0.3 is 15.5 Å². The number of hydrogen-bond donors (Lipinski definition) is 2. The van der Waals surface area contributed by atoms with E-state index < -0.39 is 0 Å². The summed E-state index contributed by atoms with van der Waals surface area (Å²) in [5.41, 5.74) is 2.05. The summed E-state index contributed by atoms with van der Waals surface area (Å²) in [6.07, 6.45) is 0. The largest absolute Gasteiger partial charge is 0.325 e. The highest BCUT2D eigenvalue weighted by molar-refractivity contribution is 5.95. The highest BCUT2D eigenvalue weighted by Crippen LogP contribution is 2.09. The average Bonchev–Trinajstić information content (AvgIpc) is 2.32. The lowest BCUT2D eigenvalue weighted by Crippen LogP contribution is -2.54. The van der Waals surface area contributed by atoms with E-state index in [9.17, 15) is 4.79 Å². The van der Waals surface area contributed by atoms with E-state index in [4.69, 9.17) is 0 Å². The van der Waals surface area contributed by atoms with Crippen molar-refractivity contribution in [2.24, 2.45) is 0 Å². The van der Waals surface area contributed by atoms with Gasteiger partial charge in [0.15, 0.2) is 0 Å². The summed E-state index contributed by atoms with van der Waals surface area (Å²) < 4.78 is 0. The van der Waals surface area contributed by atoms with E-state index in [0.717, 1.165) is 25.3 Å². The number of benzene rings is 1. The molecular weight excluding hydrogens is 214 g/mol. The Morgan fingerprint density at radius 2 is 2.12 bits per heavy atom. The Morgan fingerprint density at radius 1 is 1.41 bits per heavy atom. The predicted octanol–water partition coefficient (Wildman–Crippen LogP) is 0.837. The van der Waals surface area contributed by atoms with Crippen LogP contribution in [0.4, 0.5) is 5.69 Å². The van der Waals surface area contributed by atoms with Crippen LogP contribution >= 0.6 is 0 Å². The summed E-state index contributed by atoms with van der Waals surface area (Å²) in [5.74, 6) is 0.0420. The number of carbonyl (C=O) groups is 1. The minimum atomic E-state index is -0.116. The first-order valence-corrected chi connectivity index (χ1v) is 5.94. The van der Waals surface area contributed by atoms with Gasteiger partial charge in [0, 0.05) is 25.3 Å². The monoisotopic (exact) mass is 233 g/mol. The summed E-state index contributed by atoms with van der Waals surface area (Å²) in [4.78, 5) is 14.2. The summed E-state index contributed by atoms with van der Waals surface area (Å²) >= 11 is 0. The number of aryl methyl sites for hydroxylation is 1. The maximum atomic E-state index is 12.0. The zero-order chi connectivity index (χ0) is 12.3. The summed E-state index contributed by atoms with van der Waals surface area (Å²) in [7, 11) is 2.03. The number of carbonyl (C=O) groups excluding carboxylic acids is 1. The molecule has 1 saturated heterocycles. The van der Waals surface area contributed by atoms with Gasteiger partial charge in [0.2, 0.25) is 5.91 Å². The molecule has 1 aromatic carbocycles. The Bertz CT molecular complexity index is 388. The molecule has 1 amide bonds. The second-order valence-electron chi connectivity index (χ2n) is 4.62. The first-order chi connectivity index (χ1) is 8.15. The van der Waals surface area contributed by atoms with E-state index >= 15 is 0 Å². The smallest absolute Gasteiger partial charge is 0.242 e. The van der Waals surface area contributed by atoms with Crippen molar-refractivity contribution in [1.82, 2.24) is 10.2 Å². The van der Waals surface area contributed by atoms with Crippen LogP contribution < -0.4 is 10.6 Å². The van der Waals surface area contributed by atoms with Crippen LogP contribution in [0.2, 0.25) is 0 Å². The first-order valence-electron chi connectivity index (χ1n) is 5.94. The average molecular weight is 233 g/mol. The van der Waals surface area contributed by atoms with Gasteiger partial charge in [-0.3, -0.25) is 4.79 Å². The fraction of sp³-hybridized carbons (Fsp3) is 0.462. The van der Waals surface area contributed by atoms with Crippen molar-refractivity contribution in [3.63, 3.8) is 0 Å². The quantitative estimate of drug-likeness (QED) is 0.795. The fourth-order valence-electron chi connectivity index (χ4n) is 1.94. The Kier molecular flexibility index (Phi) is 3.76. The second-order valence-corrected chi connectivity index (χ2v) is 4.62. The van der Waals surface area contributed by atoms with E-state index in [2.05, 4.69) is 15.5 Å². The van der Waals surface area contributed by atoms with E-state index in [0.29, 0.717) is 0 Å². The number of amides is 1. The lowest BCUT2D eigenvalue weighted by molar-refractivity contribution is -0.119. The highest BCUT2D eigenvalue weighted by Gasteiger charge is 2.23. The van der Waals surface area contributed by atoms with Gasteiger partial charge in [0.05, 0.1) is 6.04 Å². The van der Waals surface area contributed by atoms with Crippen LogP contribution in [-0.2, 0) is 4.79 Å². The number of nitrogens with zero attached hydrogens (tertiary/aromatic N) is 1. The molecule has 1 aliphatic heterocycles. The topological polar surface area (TPSA) is 44.4 Å². The van der Waals surface area contributed by atoms with Gasteiger partial charge in [-0.1, -0.05) is 17.7 Å². The zero-order valence-electron chi connectivity index (χ0n) is 10.4. The van der Waals surface area contributed by atoms with Gasteiger partial charge >= 0.3 is 0 Å². The van der Waals surface area contributed by atoms with Crippen LogP contribution in [0.3, 0.4) is 0 Å². The van der Waals surface area contributed by atoms with Crippen LogP contribution in [0.25, 0.3) is 0 Å². The molecule has 0 aliphatic carbocycles. The first kappa shape index (κ1) is 12.1. The van der Waals surface area contributed by atoms with Gasteiger partial charge in [0.25, 0.3) is 0 Å². The SMILES string of the molecule is Cc1ccc(NC(=O)C2CN(C)CCN2)cc1. The van der Waals surface area contributed by atoms with Crippen LogP contribution in [0.5, 0.6) is 0 Å². The third kappa shape index (κ3) is 3.28. The Labute approximate surface area is 102 Å². The van der Waals surface area contributed by atoms with Crippen LogP contribution in [-0.4, -0.2) is 43.5 Å². The molecule has 1 unspecified atom stereocenters. The molecule has 92 valence electrons. The predicted molar refractivity (Wildman–Crippen MR) is 69.1 cm³/mol. The molecular formula is C13H19N3O. The third-order valence-corrected chi connectivity index (χ3v) is 3.01. The standard InChI is InChI=1S/C13H19N3O/c1-10-3-5-11(6-4-10)15-13(17)12-9-16(2)8-7-14-12/h3-6,12,14H,7-9H2,1-2H3,(H,15,17). The number of hydrogen-bond acceptors (Lipinski definition) is 3. The molecule has 0 radical (unpaired) electrons. The molecule has 4 heteroatoms. The summed E-state index contributed by atoms with van der Waals surface area (Å²) in [5, 5.41) is 6.16. The molecule has 0 bridgehead atoms. The number of piperazine rings is 1. The minimum absolute atomic E-state index is 0.0420. The molecule has 1 fully saturated rings. The molecule has 0 spiro atoms. The van der Waals surface area contributed by atoms with Gasteiger partial charge in [-0.25, -0.2) is 0 Å². The number of likely N-dealkylation sites (N-methyl/N-ethyl adjacent to an activating group) is 1. The van der Waals surface area contributed by atoms with Crippen molar-refractivity contribution >= 4 is 11.6 Å². The lowest BCUT2D eigenvalue weighted by Gasteiger charge is -2.29. The van der Waals surface area contributed by atoms with Gasteiger partial charge in [-0.2, -0.15) is 0 Å². The van der Waals surface area contributed by atoms with Crippen molar-refractivity contribution in [2.75, 3.05) is 32.0 Å². The van der Waals surface area contributed by atoms with E-state index in [-0.39, 0.29) is 11.9 Å². The summed E-state index contributed by atoms with van der Waals surface area (Å²) in [6.45, 7) is 4.65. The van der Waals surface area contributed by atoms with E-state index in [1.807, 2.05) is 38.2 Å². The van der Waals surface area contributed by atoms with Gasteiger partial charge in [-0.05, 0) is 26.1 Å². The molecule has 1 heterocycles. The molecule has 1 aliphatic rings. The molecule has 1 atom stereocenters. The lowest BCUT2D eigenvalue weighted by atomic mass is 10.2. The van der Waals surface area contributed by atoms with Crippen molar-refractivity contribution in [2.45, 2.75) is 13.0 Å². The number of nitrogens with one attached hydrogen (secondary N) is 2. The normalized spacial score (nSPS) is 21.2. The Morgan fingerprint density at radius 3 is 2.76 bits per heavy atom. The second kappa shape index (κ2) is 5.29. The molecule has 0 saturated carbocycles. The Balaban J connectivity index is 1.94. The third-order valence-electron chi connectivity index (χ3n) is 3.01. The highest BCUT2D eigenvalue weighted by atomic mass is 16.2. The molecule has 17 heavy (non-hydrogen) atoms. The molecule has 2 N–H and O–H groups in total. The van der Waals surface area contributed by atoms with Crippen LogP contribution in [0.1, 0.15) is 5.56 Å². The van der Waals surface area contributed by atoms with Crippen molar-refractivity contribution in [3.05, 3.63) is 29.8 Å². The molecule has 0 aromatic heterocycles. The maximum absolute atomic E-state index is 12.0. The van der Waals surface area contributed by atoms with E-state index in [1.165, 1.54) is 5.56 Å². The summed E-state index contributed by atoms with van der Waals surface area (Å²) in [6, 6.07) is 7.74. The van der Waals surface area contributed by atoms with Crippen molar-refractivity contribution in [1.29, 1.82) is 0 Å². The van der Waals surface area contributed by atoms with Crippen LogP contribution in [0.15, 0.2) is 24.3 Å². The molecule has 4 nitrogen and oxygen atoms in total. The Hall–Kier alpha value is -1.39. The zero-order valence-corrected chi connectivity index (χ0v) is 10.4. The minimum Gasteiger partial charge on any atom is -0.325 e. The maximum Gasteiger partial charge on any atom is 0.242 e. The van der Waals surface area contributed by atoms with Crippen LogP contribution in [0, 0.1) is 6.92 Å².